The first-order chi connectivity index (χ1) is 9.27. The molecule has 0 amide bonds. The van der Waals surface area contributed by atoms with Crippen LogP contribution in [0.1, 0.15) is 44.6 Å². The third kappa shape index (κ3) is 3.27. The van der Waals surface area contributed by atoms with Crippen LogP contribution in [0.5, 0.6) is 0 Å². The summed E-state index contributed by atoms with van der Waals surface area (Å²) in [5, 5.41) is 3.14. The van der Waals surface area contributed by atoms with E-state index >= 15 is 0 Å². The number of hydrogen-bond donors (Lipinski definition) is 1. The van der Waals surface area contributed by atoms with Gasteiger partial charge >= 0.3 is 0 Å². The summed E-state index contributed by atoms with van der Waals surface area (Å²) in [6.45, 7) is 3.92. The zero-order valence-electron chi connectivity index (χ0n) is 12.1. The van der Waals surface area contributed by atoms with E-state index in [9.17, 15) is 4.39 Å². The molecule has 3 heteroatoms. The lowest BCUT2D eigenvalue weighted by Gasteiger charge is -2.39. The molecule has 1 N–H and O–H groups in total. The van der Waals surface area contributed by atoms with Gasteiger partial charge in [-0.05, 0) is 44.4 Å². The summed E-state index contributed by atoms with van der Waals surface area (Å²) in [5.74, 6) is -0.0734. The van der Waals surface area contributed by atoms with E-state index in [2.05, 4.69) is 17.1 Å². The van der Waals surface area contributed by atoms with Crippen molar-refractivity contribution in [1.29, 1.82) is 0 Å². The van der Waals surface area contributed by atoms with Crippen molar-refractivity contribution in [3.63, 3.8) is 0 Å². The molecule has 0 aliphatic carbocycles. The maximum absolute atomic E-state index is 14.3. The molecule has 1 aliphatic heterocycles. The highest BCUT2D eigenvalue weighted by Crippen LogP contribution is 2.32. The minimum absolute atomic E-state index is 0.0734. The summed E-state index contributed by atoms with van der Waals surface area (Å²) < 4.78 is 14.3. The molecule has 1 fully saturated rings. The van der Waals surface area contributed by atoms with Crippen LogP contribution in [0.3, 0.4) is 0 Å². The van der Waals surface area contributed by atoms with Gasteiger partial charge in [-0.15, -0.1) is 0 Å². The molecule has 1 aliphatic rings. The molecule has 0 bridgehead atoms. The van der Waals surface area contributed by atoms with Crippen LogP contribution in [0, 0.1) is 5.82 Å². The van der Waals surface area contributed by atoms with E-state index in [1.807, 2.05) is 19.2 Å². The van der Waals surface area contributed by atoms with Crippen LogP contribution < -0.4 is 10.2 Å². The van der Waals surface area contributed by atoms with Gasteiger partial charge in [0.05, 0.1) is 5.69 Å². The third-order valence-electron chi connectivity index (χ3n) is 3.97. The summed E-state index contributed by atoms with van der Waals surface area (Å²) in [7, 11) is 1.91. The van der Waals surface area contributed by atoms with Gasteiger partial charge in [-0.2, -0.15) is 0 Å². The normalized spacial score (nSPS) is 19.7. The first-order valence-corrected chi connectivity index (χ1v) is 7.46. The highest BCUT2D eigenvalue weighted by molar-refractivity contribution is 5.56. The third-order valence-corrected chi connectivity index (χ3v) is 3.97. The molecule has 0 radical (unpaired) electrons. The Labute approximate surface area is 116 Å². The van der Waals surface area contributed by atoms with Gasteiger partial charge in [-0.25, -0.2) is 4.39 Å². The van der Waals surface area contributed by atoms with E-state index in [1.54, 1.807) is 6.07 Å². The highest BCUT2D eigenvalue weighted by Gasteiger charge is 2.25. The second-order valence-electron chi connectivity index (χ2n) is 5.41. The van der Waals surface area contributed by atoms with Crippen LogP contribution in [-0.2, 0) is 6.54 Å². The molecule has 1 aromatic rings. The molecule has 1 atom stereocenters. The van der Waals surface area contributed by atoms with Crippen molar-refractivity contribution in [3.8, 4) is 0 Å². The minimum atomic E-state index is -0.0734. The molecule has 19 heavy (non-hydrogen) atoms. The Morgan fingerprint density at radius 2 is 2.21 bits per heavy atom. The van der Waals surface area contributed by atoms with E-state index in [-0.39, 0.29) is 5.82 Å². The molecule has 1 heterocycles. The molecule has 1 unspecified atom stereocenters. The van der Waals surface area contributed by atoms with Crippen LogP contribution >= 0.6 is 0 Å². The maximum atomic E-state index is 14.3. The van der Waals surface area contributed by atoms with Gasteiger partial charge in [0.15, 0.2) is 0 Å². The topological polar surface area (TPSA) is 15.3 Å². The lowest BCUT2D eigenvalue weighted by Crippen LogP contribution is -2.40. The largest absolute Gasteiger partial charge is 0.366 e. The number of halogens is 1. The van der Waals surface area contributed by atoms with Crippen molar-refractivity contribution in [2.45, 2.75) is 51.6 Å². The van der Waals surface area contributed by atoms with Gasteiger partial charge < -0.3 is 10.2 Å². The Bertz CT molecular complexity index is 404. The van der Waals surface area contributed by atoms with Crippen molar-refractivity contribution >= 4 is 5.69 Å². The van der Waals surface area contributed by atoms with Crippen molar-refractivity contribution in [1.82, 2.24) is 5.32 Å². The zero-order valence-corrected chi connectivity index (χ0v) is 12.1. The zero-order chi connectivity index (χ0) is 13.7. The lowest BCUT2D eigenvalue weighted by molar-refractivity contribution is 0.427. The Balaban J connectivity index is 2.31. The maximum Gasteiger partial charge on any atom is 0.146 e. The van der Waals surface area contributed by atoms with E-state index in [1.165, 1.54) is 19.3 Å². The number of hydrogen-bond acceptors (Lipinski definition) is 2. The van der Waals surface area contributed by atoms with Crippen molar-refractivity contribution in [2.75, 3.05) is 18.5 Å². The summed E-state index contributed by atoms with van der Waals surface area (Å²) >= 11 is 0. The first kappa shape index (κ1) is 14.3. The SMILES string of the molecule is CCCC1CCCCN1c1c(F)cccc1CNC. The van der Waals surface area contributed by atoms with Crippen LogP contribution in [0.25, 0.3) is 0 Å². The number of piperidine rings is 1. The van der Waals surface area contributed by atoms with Crippen molar-refractivity contribution in [3.05, 3.63) is 29.6 Å². The second-order valence-corrected chi connectivity index (χ2v) is 5.41. The standard InChI is InChI=1S/C16H25FN2/c1-3-7-14-9-4-5-11-19(14)16-13(12-18-2)8-6-10-15(16)17/h6,8,10,14,18H,3-5,7,9,11-12H2,1-2H3. The molecule has 1 aromatic carbocycles. The number of nitrogens with zero attached hydrogens (tertiary/aromatic N) is 1. The molecule has 0 aromatic heterocycles. The number of para-hydroxylation sites is 1. The Hall–Kier alpha value is -1.09. The molecule has 2 nitrogen and oxygen atoms in total. The number of benzene rings is 1. The summed E-state index contributed by atoms with van der Waals surface area (Å²) in [6.07, 6.45) is 5.97. The van der Waals surface area contributed by atoms with Gasteiger partial charge in [0, 0.05) is 19.1 Å². The molecular formula is C16H25FN2. The van der Waals surface area contributed by atoms with Gasteiger partial charge in [0.1, 0.15) is 5.82 Å². The van der Waals surface area contributed by atoms with Crippen molar-refractivity contribution in [2.24, 2.45) is 0 Å². The highest BCUT2D eigenvalue weighted by atomic mass is 19.1. The number of anilines is 1. The fourth-order valence-corrected chi connectivity index (χ4v) is 3.14. The first-order valence-electron chi connectivity index (χ1n) is 7.46. The molecule has 0 spiro atoms. The van der Waals surface area contributed by atoms with Crippen LogP contribution in [0.2, 0.25) is 0 Å². The minimum Gasteiger partial charge on any atom is -0.366 e. The average molecular weight is 264 g/mol. The van der Waals surface area contributed by atoms with E-state index in [4.69, 9.17) is 0 Å². The van der Waals surface area contributed by atoms with Crippen molar-refractivity contribution < 1.29 is 4.39 Å². The van der Waals surface area contributed by atoms with Gasteiger partial charge in [0.25, 0.3) is 0 Å². The van der Waals surface area contributed by atoms with Gasteiger partial charge in [-0.3, -0.25) is 0 Å². The van der Waals surface area contributed by atoms with E-state index in [0.717, 1.165) is 37.2 Å². The Kier molecular flexibility index (Phi) is 5.20. The second kappa shape index (κ2) is 6.90. The molecule has 2 rings (SSSR count). The molecule has 106 valence electrons. The van der Waals surface area contributed by atoms with Gasteiger partial charge in [-0.1, -0.05) is 25.5 Å². The average Bonchev–Trinajstić information content (AvgIpc) is 2.41. The Morgan fingerprint density at radius 1 is 1.37 bits per heavy atom. The smallest absolute Gasteiger partial charge is 0.146 e. The monoisotopic (exact) mass is 264 g/mol. The summed E-state index contributed by atoms with van der Waals surface area (Å²) in [5.41, 5.74) is 1.90. The number of nitrogens with one attached hydrogen (secondary N) is 1. The fraction of sp³-hybridized carbons (Fsp3) is 0.625. The molecule has 1 saturated heterocycles. The van der Waals surface area contributed by atoms with E-state index in [0.29, 0.717) is 6.04 Å². The fourth-order valence-electron chi connectivity index (χ4n) is 3.14. The van der Waals surface area contributed by atoms with Crippen LogP contribution in [-0.4, -0.2) is 19.6 Å². The lowest BCUT2D eigenvalue weighted by atomic mass is 9.96. The number of rotatable bonds is 5. The Morgan fingerprint density at radius 3 is 2.95 bits per heavy atom. The summed E-state index contributed by atoms with van der Waals surface area (Å²) in [4.78, 5) is 2.31. The predicted octanol–water partition coefficient (Wildman–Crippen LogP) is 3.70. The van der Waals surface area contributed by atoms with Crippen LogP contribution in [0.4, 0.5) is 10.1 Å². The van der Waals surface area contributed by atoms with E-state index < -0.39 is 0 Å². The van der Waals surface area contributed by atoms with Gasteiger partial charge in [0.2, 0.25) is 0 Å². The summed E-state index contributed by atoms with van der Waals surface area (Å²) in [6, 6.07) is 5.94. The quantitative estimate of drug-likeness (QED) is 0.872. The molecule has 0 saturated carbocycles. The predicted molar refractivity (Wildman–Crippen MR) is 79.1 cm³/mol. The van der Waals surface area contributed by atoms with Crippen LogP contribution in [0.15, 0.2) is 18.2 Å². The molecular weight excluding hydrogens is 239 g/mol.